The van der Waals surface area contributed by atoms with Gasteiger partial charge in [0.25, 0.3) is 0 Å². The molecule has 2 rings (SSSR count). The second kappa shape index (κ2) is 9.30. The van der Waals surface area contributed by atoms with E-state index in [0.717, 1.165) is 35.5 Å². The van der Waals surface area contributed by atoms with Crippen LogP contribution >= 0.6 is 0 Å². The third-order valence-electron chi connectivity index (χ3n) is 4.21. The zero-order valence-corrected chi connectivity index (χ0v) is 14.3. The fourth-order valence-electron chi connectivity index (χ4n) is 2.66. The van der Waals surface area contributed by atoms with Gasteiger partial charge in [0, 0.05) is 0 Å². The highest BCUT2D eigenvalue weighted by Crippen LogP contribution is 2.25. The number of unbranched alkanes of at least 4 members (excludes halogenated alkanes) is 1. The van der Waals surface area contributed by atoms with E-state index in [1.807, 2.05) is 48.5 Å². The first kappa shape index (κ1) is 18.3. The highest BCUT2D eigenvalue weighted by Gasteiger charge is 2.10. The van der Waals surface area contributed by atoms with Crippen LogP contribution in [0.1, 0.15) is 49.0 Å². The minimum absolute atomic E-state index is 0.478. The quantitative estimate of drug-likeness (QED) is 0.682. The van der Waals surface area contributed by atoms with E-state index in [1.54, 1.807) is 14.2 Å². The summed E-state index contributed by atoms with van der Waals surface area (Å²) in [5, 5.41) is 20.4. The standard InChI is InChI=1S/C20H26O4/c1-23-17-11-7-15(8-12-17)19(21)5-3-4-6-20(22)16-9-13-18(24-2)14-10-16/h7-14,19-22H,3-6H2,1-2H3. The number of benzene rings is 2. The van der Waals surface area contributed by atoms with E-state index in [1.165, 1.54) is 0 Å². The van der Waals surface area contributed by atoms with Crippen LogP contribution in [0.4, 0.5) is 0 Å². The molecule has 0 aliphatic rings. The van der Waals surface area contributed by atoms with Crippen molar-refractivity contribution >= 4 is 0 Å². The Kier molecular flexibility index (Phi) is 7.09. The van der Waals surface area contributed by atoms with E-state index in [9.17, 15) is 10.2 Å². The summed E-state index contributed by atoms with van der Waals surface area (Å²) >= 11 is 0. The number of rotatable bonds is 9. The second-order valence-corrected chi connectivity index (χ2v) is 5.86. The van der Waals surface area contributed by atoms with Gasteiger partial charge >= 0.3 is 0 Å². The maximum atomic E-state index is 10.2. The Balaban J connectivity index is 1.72. The predicted octanol–water partition coefficient (Wildman–Crippen LogP) is 4.03. The highest BCUT2D eigenvalue weighted by atomic mass is 16.5. The van der Waals surface area contributed by atoms with Crippen molar-refractivity contribution in [3.8, 4) is 11.5 Å². The normalized spacial score (nSPS) is 13.3. The Morgan fingerprint density at radius 1 is 0.667 bits per heavy atom. The molecule has 0 amide bonds. The molecule has 4 heteroatoms. The maximum absolute atomic E-state index is 10.2. The number of aliphatic hydroxyl groups excluding tert-OH is 2. The molecule has 2 atom stereocenters. The fraction of sp³-hybridized carbons (Fsp3) is 0.400. The molecule has 0 aliphatic carbocycles. The van der Waals surface area contributed by atoms with Crippen LogP contribution in [-0.4, -0.2) is 24.4 Å². The lowest BCUT2D eigenvalue weighted by molar-refractivity contribution is 0.146. The van der Waals surface area contributed by atoms with Gasteiger partial charge in [-0.1, -0.05) is 37.1 Å². The lowest BCUT2D eigenvalue weighted by atomic mass is 9.99. The highest BCUT2D eigenvalue weighted by molar-refractivity contribution is 5.29. The monoisotopic (exact) mass is 330 g/mol. The molecule has 4 nitrogen and oxygen atoms in total. The molecule has 130 valence electrons. The van der Waals surface area contributed by atoms with Gasteiger partial charge in [-0.15, -0.1) is 0 Å². The first-order valence-electron chi connectivity index (χ1n) is 8.28. The zero-order chi connectivity index (χ0) is 17.4. The number of hydrogen-bond acceptors (Lipinski definition) is 4. The van der Waals surface area contributed by atoms with Crippen LogP contribution < -0.4 is 9.47 Å². The van der Waals surface area contributed by atoms with Gasteiger partial charge in [0.15, 0.2) is 0 Å². The van der Waals surface area contributed by atoms with Crippen LogP contribution in [0, 0.1) is 0 Å². The van der Waals surface area contributed by atoms with Gasteiger partial charge < -0.3 is 19.7 Å². The third-order valence-corrected chi connectivity index (χ3v) is 4.21. The Hall–Kier alpha value is -2.04. The van der Waals surface area contributed by atoms with Gasteiger partial charge in [-0.25, -0.2) is 0 Å². The number of ether oxygens (including phenoxy) is 2. The van der Waals surface area contributed by atoms with Gasteiger partial charge in [0.1, 0.15) is 11.5 Å². The van der Waals surface area contributed by atoms with Crippen molar-refractivity contribution in [2.45, 2.75) is 37.9 Å². The SMILES string of the molecule is COc1ccc(C(O)CCCCC(O)c2ccc(OC)cc2)cc1. The first-order valence-corrected chi connectivity index (χ1v) is 8.28. The number of hydrogen-bond donors (Lipinski definition) is 2. The van der Waals surface area contributed by atoms with Crippen LogP contribution in [0.15, 0.2) is 48.5 Å². The van der Waals surface area contributed by atoms with Crippen molar-refractivity contribution in [3.63, 3.8) is 0 Å². The summed E-state index contributed by atoms with van der Waals surface area (Å²) in [6, 6.07) is 15.0. The van der Waals surface area contributed by atoms with E-state index >= 15 is 0 Å². The Morgan fingerprint density at radius 2 is 1.00 bits per heavy atom. The van der Waals surface area contributed by atoms with Crippen molar-refractivity contribution in [1.29, 1.82) is 0 Å². The molecule has 0 bridgehead atoms. The molecule has 2 aromatic rings. The lowest BCUT2D eigenvalue weighted by Gasteiger charge is -2.14. The minimum Gasteiger partial charge on any atom is -0.497 e. The minimum atomic E-state index is -0.478. The molecule has 0 fully saturated rings. The smallest absolute Gasteiger partial charge is 0.118 e. The molecule has 0 radical (unpaired) electrons. The van der Waals surface area contributed by atoms with Crippen LogP contribution in [-0.2, 0) is 0 Å². The average Bonchev–Trinajstić information content (AvgIpc) is 2.65. The molecule has 2 unspecified atom stereocenters. The Morgan fingerprint density at radius 3 is 1.29 bits per heavy atom. The van der Waals surface area contributed by atoms with Crippen LogP contribution in [0.3, 0.4) is 0 Å². The van der Waals surface area contributed by atoms with E-state index in [2.05, 4.69) is 0 Å². The predicted molar refractivity (Wildman–Crippen MR) is 94.4 cm³/mol. The van der Waals surface area contributed by atoms with Gasteiger partial charge in [-0.2, -0.15) is 0 Å². The van der Waals surface area contributed by atoms with Crippen molar-refractivity contribution in [1.82, 2.24) is 0 Å². The topological polar surface area (TPSA) is 58.9 Å². The molecular formula is C20H26O4. The Labute approximate surface area is 143 Å². The van der Waals surface area contributed by atoms with Gasteiger partial charge in [0.05, 0.1) is 26.4 Å². The van der Waals surface area contributed by atoms with E-state index in [0.29, 0.717) is 12.8 Å². The molecule has 0 spiro atoms. The second-order valence-electron chi connectivity index (χ2n) is 5.86. The summed E-state index contributed by atoms with van der Waals surface area (Å²) < 4.78 is 10.2. The first-order chi connectivity index (χ1) is 11.6. The molecule has 0 saturated carbocycles. The van der Waals surface area contributed by atoms with Crippen molar-refractivity contribution in [3.05, 3.63) is 59.7 Å². The van der Waals surface area contributed by atoms with E-state index < -0.39 is 12.2 Å². The summed E-state index contributed by atoms with van der Waals surface area (Å²) in [4.78, 5) is 0. The van der Waals surface area contributed by atoms with Gasteiger partial charge in [0.2, 0.25) is 0 Å². The molecule has 2 aromatic carbocycles. The van der Waals surface area contributed by atoms with Gasteiger partial charge in [-0.05, 0) is 48.2 Å². The third kappa shape index (κ3) is 5.25. The zero-order valence-electron chi connectivity index (χ0n) is 14.3. The fourth-order valence-corrected chi connectivity index (χ4v) is 2.66. The molecule has 0 aliphatic heterocycles. The number of methoxy groups -OCH3 is 2. The summed E-state index contributed by atoms with van der Waals surface area (Å²) in [6.45, 7) is 0. The van der Waals surface area contributed by atoms with Gasteiger partial charge in [-0.3, -0.25) is 0 Å². The lowest BCUT2D eigenvalue weighted by Crippen LogP contribution is -2.00. The largest absolute Gasteiger partial charge is 0.497 e. The van der Waals surface area contributed by atoms with Crippen LogP contribution in [0.25, 0.3) is 0 Å². The molecule has 2 N–H and O–H groups in total. The van der Waals surface area contributed by atoms with E-state index in [4.69, 9.17) is 9.47 Å². The average molecular weight is 330 g/mol. The van der Waals surface area contributed by atoms with Crippen molar-refractivity contribution in [2.75, 3.05) is 14.2 Å². The van der Waals surface area contributed by atoms with E-state index in [-0.39, 0.29) is 0 Å². The summed E-state index contributed by atoms with van der Waals surface area (Å²) in [5.41, 5.74) is 1.79. The Bertz CT molecular complexity index is 537. The molecule has 24 heavy (non-hydrogen) atoms. The maximum Gasteiger partial charge on any atom is 0.118 e. The van der Waals surface area contributed by atoms with Crippen LogP contribution in [0.2, 0.25) is 0 Å². The number of aliphatic hydroxyl groups is 2. The molecule has 0 heterocycles. The van der Waals surface area contributed by atoms with Crippen molar-refractivity contribution in [2.24, 2.45) is 0 Å². The summed E-state index contributed by atoms with van der Waals surface area (Å²) in [5.74, 6) is 1.57. The summed E-state index contributed by atoms with van der Waals surface area (Å²) in [6.07, 6.45) is 2.13. The molecule has 0 saturated heterocycles. The molecule has 0 aromatic heterocycles. The summed E-state index contributed by atoms with van der Waals surface area (Å²) in [7, 11) is 3.25. The molecular weight excluding hydrogens is 304 g/mol. The van der Waals surface area contributed by atoms with Crippen LogP contribution in [0.5, 0.6) is 11.5 Å². The van der Waals surface area contributed by atoms with Crippen molar-refractivity contribution < 1.29 is 19.7 Å².